The minimum absolute atomic E-state index is 0.0509. The molecule has 0 saturated heterocycles. The lowest BCUT2D eigenvalue weighted by atomic mass is 9.87. The lowest BCUT2D eigenvalue weighted by Gasteiger charge is -2.44. The van der Waals surface area contributed by atoms with Gasteiger partial charge in [0.2, 0.25) is 5.91 Å². The van der Waals surface area contributed by atoms with Gasteiger partial charge >= 0.3 is 6.18 Å². The molecule has 4 nitrogen and oxygen atoms in total. The van der Waals surface area contributed by atoms with Gasteiger partial charge in [0.05, 0.1) is 17.2 Å². The summed E-state index contributed by atoms with van der Waals surface area (Å²) >= 11 is 3.30. The summed E-state index contributed by atoms with van der Waals surface area (Å²) in [6.45, 7) is 1.73. The molecule has 1 heterocycles. The molecule has 0 aromatic heterocycles. The zero-order valence-corrected chi connectivity index (χ0v) is 19.0. The fourth-order valence-corrected chi connectivity index (χ4v) is 5.64. The molecular weight excluding hydrogens is 528 g/mol. The van der Waals surface area contributed by atoms with Crippen LogP contribution >= 0.6 is 34.4 Å². The lowest BCUT2D eigenvalue weighted by Crippen LogP contribution is -2.53. The third-order valence-electron chi connectivity index (χ3n) is 4.84. The van der Waals surface area contributed by atoms with Gasteiger partial charge in [0.1, 0.15) is 10.6 Å². The van der Waals surface area contributed by atoms with Crippen LogP contribution in [0.5, 0.6) is 5.75 Å². The topological polar surface area (TPSA) is 62.2 Å². The van der Waals surface area contributed by atoms with Crippen molar-refractivity contribution in [1.82, 2.24) is 5.32 Å². The number of fused-ring (bicyclic) bond motifs is 1. The van der Waals surface area contributed by atoms with Crippen LogP contribution in [0.2, 0.25) is 0 Å². The molecule has 0 fully saturated rings. The highest BCUT2D eigenvalue weighted by atomic mass is 127. The van der Waals surface area contributed by atoms with Crippen molar-refractivity contribution in [3.8, 4) is 5.75 Å². The lowest BCUT2D eigenvalue weighted by molar-refractivity contribution is -0.137. The molecule has 2 N–H and O–H groups in total. The van der Waals surface area contributed by atoms with Crippen molar-refractivity contribution in [3.63, 3.8) is 0 Å². The highest BCUT2D eigenvalue weighted by molar-refractivity contribution is 14.1. The van der Waals surface area contributed by atoms with Gasteiger partial charge in [-0.15, -0.1) is 0 Å². The number of amides is 1. The molecule has 0 saturated carbocycles. The number of hydrogen-bond donors (Lipinski definition) is 2. The van der Waals surface area contributed by atoms with Crippen LogP contribution in [0, 0.1) is 11.3 Å². The summed E-state index contributed by atoms with van der Waals surface area (Å²) in [6, 6.07) is 12.0. The first kappa shape index (κ1) is 22.9. The largest absolute Gasteiger partial charge is 0.493 e. The first-order valence-electron chi connectivity index (χ1n) is 9.19. The maximum Gasteiger partial charge on any atom is 0.416 e. The molecule has 2 atom stereocenters. The number of carbonyl (C=O) groups excluding carboxylic acids is 1. The van der Waals surface area contributed by atoms with E-state index in [-0.39, 0.29) is 22.4 Å². The molecular formula is C21H20F3IN2O2S. The highest BCUT2D eigenvalue weighted by Gasteiger charge is 2.48. The van der Waals surface area contributed by atoms with Gasteiger partial charge in [0.25, 0.3) is 0 Å². The molecule has 2 aromatic carbocycles. The summed E-state index contributed by atoms with van der Waals surface area (Å²) in [7, 11) is 0. The third kappa shape index (κ3) is 4.77. The molecule has 160 valence electrons. The van der Waals surface area contributed by atoms with Gasteiger partial charge in [-0.2, -0.15) is 13.2 Å². The zero-order valence-electron chi connectivity index (χ0n) is 16.1. The minimum Gasteiger partial charge on any atom is -0.493 e. The van der Waals surface area contributed by atoms with E-state index in [1.54, 1.807) is 6.07 Å². The Hall–Kier alpha value is -1.75. The van der Waals surface area contributed by atoms with E-state index in [2.05, 4.69) is 27.9 Å². The number of rotatable bonds is 5. The van der Waals surface area contributed by atoms with Gasteiger partial charge in [0.15, 0.2) is 0 Å². The molecule has 0 spiro atoms. The van der Waals surface area contributed by atoms with Crippen LogP contribution in [-0.2, 0) is 15.8 Å². The number of alkyl halides is 4. The van der Waals surface area contributed by atoms with Crippen molar-refractivity contribution >= 4 is 45.3 Å². The van der Waals surface area contributed by atoms with E-state index < -0.39 is 16.6 Å². The first-order chi connectivity index (χ1) is 14.2. The maximum atomic E-state index is 13.1. The van der Waals surface area contributed by atoms with Crippen molar-refractivity contribution in [2.75, 3.05) is 11.0 Å². The summed E-state index contributed by atoms with van der Waals surface area (Å²) in [4.78, 5) is 11.2. The fourth-order valence-electron chi connectivity index (χ4n) is 3.50. The molecule has 3 rings (SSSR count). The Kier molecular flexibility index (Phi) is 7.01. The normalized spacial score (nSPS) is 20.8. The molecule has 1 aliphatic heterocycles. The molecule has 0 radical (unpaired) electrons. The molecule has 0 unspecified atom stereocenters. The summed E-state index contributed by atoms with van der Waals surface area (Å²) < 4.78 is 46.1. The highest BCUT2D eigenvalue weighted by Crippen LogP contribution is 2.50. The second-order valence-corrected chi connectivity index (χ2v) is 9.24. The van der Waals surface area contributed by atoms with Crippen molar-refractivity contribution in [1.29, 1.82) is 5.41 Å². The number of nitrogens with one attached hydrogen (secondary N) is 2. The Morgan fingerprint density at radius 1 is 1.30 bits per heavy atom. The number of ether oxygens (including phenoxy) is 1. The Balaban J connectivity index is 2.07. The third-order valence-corrected chi connectivity index (χ3v) is 6.88. The van der Waals surface area contributed by atoms with Crippen LogP contribution in [0.1, 0.15) is 30.0 Å². The van der Waals surface area contributed by atoms with Crippen LogP contribution in [0.15, 0.2) is 48.5 Å². The van der Waals surface area contributed by atoms with E-state index in [1.807, 2.05) is 18.2 Å². The molecule has 0 bridgehead atoms. The number of thioether (sulfide) groups is 1. The molecule has 0 aliphatic carbocycles. The monoisotopic (exact) mass is 548 g/mol. The Morgan fingerprint density at radius 3 is 2.70 bits per heavy atom. The van der Waals surface area contributed by atoms with Crippen molar-refractivity contribution in [3.05, 3.63) is 65.2 Å². The van der Waals surface area contributed by atoms with Crippen LogP contribution in [0.4, 0.5) is 13.2 Å². The van der Waals surface area contributed by atoms with Crippen molar-refractivity contribution in [2.24, 2.45) is 5.92 Å². The van der Waals surface area contributed by atoms with Crippen LogP contribution in [-0.4, -0.2) is 22.0 Å². The molecule has 2 aromatic rings. The number of benzene rings is 2. The number of halogens is 4. The quantitative estimate of drug-likeness (QED) is 0.169. The predicted molar refractivity (Wildman–Crippen MR) is 120 cm³/mol. The number of carbonyl (C=O) groups is 1. The predicted octanol–water partition coefficient (Wildman–Crippen LogP) is 5.59. The average Bonchev–Trinajstić information content (AvgIpc) is 2.69. The summed E-state index contributed by atoms with van der Waals surface area (Å²) in [5, 5.41) is 11.6. The zero-order chi connectivity index (χ0) is 21.9. The van der Waals surface area contributed by atoms with Gasteiger partial charge in [-0.1, -0.05) is 64.7 Å². The van der Waals surface area contributed by atoms with Gasteiger partial charge in [0, 0.05) is 28.4 Å². The van der Waals surface area contributed by atoms with E-state index in [4.69, 9.17) is 10.1 Å². The van der Waals surface area contributed by atoms with E-state index in [1.165, 1.54) is 19.1 Å². The first-order valence-corrected chi connectivity index (χ1v) is 11.5. The number of para-hydroxylation sites is 1. The van der Waals surface area contributed by atoms with Crippen LogP contribution < -0.4 is 10.1 Å². The SMILES string of the molecule is CC(=O)N[C@]1(SC(=N)c2cccc(C(F)(F)F)c2)c2ccccc2OC[C@H]1CCI. The summed E-state index contributed by atoms with van der Waals surface area (Å²) in [6.07, 6.45) is -3.79. The second kappa shape index (κ2) is 9.17. The fraction of sp³-hybridized carbons (Fsp3) is 0.333. The second-order valence-electron chi connectivity index (χ2n) is 6.91. The Morgan fingerprint density at radius 2 is 2.03 bits per heavy atom. The molecule has 9 heteroatoms. The summed E-state index contributed by atoms with van der Waals surface area (Å²) in [5.41, 5.74) is 0.0508. The van der Waals surface area contributed by atoms with Crippen LogP contribution in [0.25, 0.3) is 0 Å². The standard InChI is InChI=1S/C21H20F3IN2O2S/c1-13(28)27-20(16(9-10-25)12-29-18-8-3-2-7-17(18)20)30-19(26)14-5-4-6-15(11-14)21(22,23)24/h2-8,11,16,26H,9-10,12H2,1H3,(H,27,28)/t16-,20-/m1/s1. The van der Waals surface area contributed by atoms with E-state index >= 15 is 0 Å². The molecule has 30 heavy (non-hydrogen) atoms. The van der Waals surface area contributed by atoms with Gasteiger partial charge < -0.3 is 10.1 Å². The van der Waals surface area contributed by atoms with Crippen molar-refractivity contribution in [2.45, 2.75) is 24.4 Å². The van der Waals surface area contributed by atoms with E-state index in [9.17, 15) is 18.0 Å². The van der Waals surface area contributed by atoms with Crippen molar-refractivity contribution < 1.29 is 22.7 Å². The average molecular weight is 548 g/mol. The van der Waals surface area contributed by atoms with Gasteiger partial charge in [-0.3, -0.25) is 10.2 Å². The smallest absolute Gasteiger partial charge is 0.416 e. The Bertz CT molecular complexity index is 954. The van der Waals surface area contributed by atoms with E-state index in [0.717, 1.165) is 28.3 Å². The molecule has 1 amide bonds. The van der Waals surface area contributed by atoms with Gasteiger partial charge in [-0.25, -0.2) is 0 Å². The molecule has 1 aliphatic rings. The summed E-state index contributed by atoms with van der Waals surface area (Å²) in [5.74, 6) is 0.152. The van der Waals surface area contributed by atoms with E-state index in [0.29, 0.717) is 24.3 Å². The Labute approximate surface area is 190 Å². The maximum absolute atomic E-state index is 13.1. The minimum atomic E-state index is -4.49. The van der Waals surface area contributed by atoms with Crippen LogP contribution in [0.3, 0.4) is 0 Å². The number of hydrogen-bond acceptors (Lipinski definition) is 4. The van der Waals surface area contributed by atoms with Gasteiger partial charge in [-0.05, 0) is 24.6 Å².